The highest BCUT2D eigenvalue weighted by Gasteiger charge is 2.34. The van der Waals surface area contributed by atoms with Crippen molar-refractivity contribution in [3.05, 3.63) is 0 Å². The van der Waals surface area contributed by atoms with Gasteiger partial charge in [-0.2, -0.15) is 5.26 Å². The van der Waals surface area contributed by atoms with Gasteiger partial charge in [-0.1, -0.05) is 27.7 Å². The summed E-state index contributed by atoms with van der Waals surface area (Å²) in [4.78, 5) is 11.7. The third-order valence-corrected chi connectivity index (χ3v) is 2.53. The van der Waals surface area contributed by atoms with E-state index in [0.29, 0.717) is 25.3 Å². The highest BCUT2D eigenvalue weighted by molar-refractivity contribution is 5.85. The maximum absolute atomic E-state index is 11.7. The van der Waals surface area contributed by atoms with E-state index in [9.17, 15) is 4.79 Å². The van der Waals surface area contributed by atoms with Crippen molar-refractivity contribution in [2.24, 2.45) is 11.3 Å². The topological polar surface area (TPSA) is 52.9 Å². The molecule has 1 amide bonds. The number of carbonyl (C=O) groups excluding carboxylic acids is 1. The molecule has 0 aliphatic heterocycles. The second-order valence-electron chi connectivity index (χ2n) is 4.00. The molecule has 0 atom stereocenters. The van der Waals surface area contributed by atoms with E-state index in [0.717, 1.165) is 0 Å². The predicted octanol–water partition coefficient (Wildman–Crippen LogP) is 2.09. The summed E-state index contributed by atoms with van der Waals surface area (Å²) in [5.41, 5.74) is -0.825. The number of nitriles is 1. The van der Waals surface area contributed by atoms with Gasteiger partial charge in [0.05, 0.1) is 6.07 Å². The Morgan fingerprint density at radius 1 is 1.43 bits per heavy atom. The van der Waals surface area contributed by atoms with Crippen LogP contribution in [0.2, 0.25) is 0 Å². The third kappa shape index (κ3) is 3.02. The number of nitrogens with one attached hydrogen (secondary N) is 1. The molecular weight excluding hydrogens is 176 g/mol. The molecule has 0 bridgehead atoms. The van der Waals surface area contributed by atoms with Crippen LogP contribution in [0.15, 0.2) is 0 Å². The highest BCUT2D eigenvalue weighted by atomic mass is 16.2. The van der Waals surface area contributed by atoms with Crippen molar-refractivity contribution in [2.75, 3.05) is 6.54 Å². The molecule has 0 spiro atoms. The third-order valence-electron chi connectivity index (χ3n) is 2.53. The normalized spacial score (nSPS) is 11.1. The molecule has 0 aromatic rings. The molecule has 0 heterocycles. The van der Waals surface area contributed by atoms with Crippen LogP contribution in [0, 0.1) is 22.7 Å². The van der Waals surface area contributed by atoms with Gasteiger partial charge in [0.15, 0.2) is 0 Å². The van der Waals surface area contributed by atoms with Gasteiger partial charge in [0, 0.05) is 6.54 Å². The summed E-state index contributed by atoms with van der Waals surface area (Å²) in [6, 6.07) is 2.13. The molecule has 0 aliphatic rings. The molecule has 0 aromatic heterocycles. The van der Waals surface area contributed by atoms with Gasteiger partial charge in [-0.25, -0.2) is 0 Å². The van der Waals surface area contributed by atoms with Crippen molar-refractivity contribution in [3.8, 4) is 6.07 Å². The summed E-state index contributed by atoms with van der Waals surface area (Å²) >= 11 is 0. The molecule has 0 aromatic carbocycles. The van der Waals surface area contributed by atoms with Crippen LogP contribution in [0.25, 0.3) is 0 Å². The molecule has 0 aliphatic carbocycles. The fourth-order valence-corrected chi connectivity index (χ4v) is 1.25. The molecule has 1 N–H and O–H groups in total. The maximum atomic E-state index is 11.7. The number of hydrogen-bond acceptors (Lipinski definition) is 2. The minimum absolute atomic E-state index is 0.126. The second-order valence-corrected chi connectivity index (χ2v) is 4.00. The monoisotopic (exact) mass is 196 g/mol. The molecule has 0 saturated heterocycles. The quantitative estimate of drug-likeness (QED) is 0.732. The lowest BCUT2D eigenvalue weighted by molar-refractivity contribution is -0.128. The van der Waals surface area contributed by atoms with E-state index in [2.05, 4.69) is 11.4 Å². The summed E-state index contributed by atoms with van der Waals surface area (Å²) in [5.74, 6) is 0.294. The van der Waals surface area contributed by atoms with Crippen LogP contribution in [-0.4, -0.2) is 12.5 Å². The Morgan fingerprint density at radius 2 is 1.93 bits per heavy atom. The molecule has 3 nitrogen and oxygen atoms in total. The van der Waals surface area contributed by atoms with Crippen LogP contribution < -0.4 is 5.32 Å². The summed E-state index contributed by atoms with van der Waals surface area (Å²) in [7, 11) is 0. The van der Waals surface area contributed by atoms with E-state index in [-0.39, 0.29) is 5.91 Å². The SMILES string of the molecule is CCC(C#N)(CC)C(=O)NCC(C)C. The number of hydrogen-bond donors (Lipinski definition) is 1. The van der Waals surface area contributed by atoms with E-state index >= 15 is 0 Å². The fourth-order valence-electron chi connectivity index (χ4n) is 1.25. The van der Waals surface area contributed by atoms with Crippen molar-refractivity contribution in [3.63, 3.8) is 0 Å². The Kier molecular flexibility index (Phi) is 5.22. The van der Waals surface area contributed by atoms with Crippen LogP contribution in [-0.2, 0) is 4.79 Å². The van der Waals surface area contributed by atoms with Gasteiger partial charge in [-0.05, 0) is 18.8 Å². The first kappa shape index (κ1) is 13.0. The molecule has 0 saturated carbocycles. The van der Waals surface area contributed by atoms with E-state index < -0.39 is 5.41 Å². The minimum Gasteiger partial charge on any atom is -0.354 e. The lowest BCUT2D eigenvalue weighted by Crippen LogP contribution is -2.40. The van der Waals surface area contributed by atoms with Crippen molar-refractivity contribution < 1.29 is 4.79 Å². The summed E-state index contributed by atoms with van der Waals surface area (Å²) in [5, 5.41) is 11.8. The highest BCUT2D eigenvalue weighted by Crippen LogP contribution is 2.25. The zero-order valence-electron chi connectivity index (χ0n) is 9.55. The second kappa shape index (κ2) is 5.64. The predicted molar refractivity (Wildman–Crippen MR) is 56.5 cm³/mol. The first-order chi connectivity index (χ1) is 6.52. The van der Waals surface area contributed by atoms with Crippen molar-refractivity contribution in [1.82, 2.24) is 5.32 Å². The first-order valence-corrected chi connectivity index (χ1v) is 5.22. The molecule has 0 unspecified atom stereocenters. The average Bonchev–Trinajstić information content (AvgIpc) is 2.18. The zero-order chi connectivity index (χ0) is 11.2. The number of nitrogens with zero attached hydrogens (tertiary/aromatic N) is 1. The minimum atomic E-state index is -0.825. The van der Waals surface area contributed by atoms with Crippen LogP contribution >= 0.6 is 0 Å². The Balaban J connectivity index is 4.40. The van der Waals surface area contributed by atoms with E-state index in [1.807, 2.05) is 27.7 Å². The van der Waals surface area contributed by atoms with E-state index in [1.54, 1.807) is 0 Å². The summed E-state index contributed by atoms with van der Waals surface area (Å²) in [6.45, 7) is 8.46. The largest absolute Gasteiger partial charge is 0.354 e. The smallest absolute Gasteiger partial charge is 0.240 e. The maximum Gasteiger partial charge on any atom is 0.240 e. The first-order valence-electron chi connectivity index (χ1n) is 5.22. The van der Waals surface area contributed by atoms with Gasteiger partial charge in [0.2, 0.25) is 5.91 Å². The van der Waals surface area contributed by atoms with Crippen molar-refractivity contribution in [1.29, 1.82) is 5.26 Å². The van der Waals surface area contributed by atoms with Gasteiger partial charge in [0.1, 0.15) is 5.41 Å². The Hall–Kier alpha value is -1.04. The van der Waals surface area contributed by atoms with Gasteiger partial charge in [0.25, 0.3) is 0 Å². The number of carbonyl (C=O) groups is 1. The van der Waals surface area contributed by atoms with Crippen LogP contribution in [0.5, 0.6) is 0 Å². The summed E-state index contributed by atoms with van der Waals surface area (Å²) < 4.78 is 0. The standard InChI is InChI=1S/C11H20N2O/c1-5-11(6-2,8-12)10(14)13-7-9(3)4/h9H,5-7H2,1-4H3,(H,13,14). The Bertz CT molecular complexity index is 224. The van der Waals surface area contributed by atoms with Crippen LogP contribution in [0.4, 0.5) is 0 Å². The van der Waals surface area contributed by atoms with Crippen LogP contribution in [0.3, 0.4) is 0 Å². The lowest BCUT2D eigenvalue weighted by Gasteiger charge is -2.22. The van der Waals surface area contributed by atoms with Gasteiger partial charge in [-0.15, -0.1) is 0 Å². The lowest BCUT2D eigenvalue weighted by atomic mass is 9.83. The van der Waals surface area contributed by atoms with E-state index in [4.69, 9.17) is 5.26 Å². The molecule has 0 fully saturated rings. The molecular formula is C11H20N2O. The average molecular weight is 196 g/mol. The molecule has 0 rings (SSSR count). The molecule has 80 valence electrons. The Labute approximate surface area is 86.5 Å². The molecule has 3 heteroatoms. The van der Waals surface area contributed by atoms with Crippen molar-refractivity contribution in [2.45, 2.75) is 40.5 Å². The van der Waals surface area contributed by atoms with Crippen molar-refractivity contribution >= 4 is 5.91 Å². The van der Waals surface area contributed by atoms with Crippen LogP contribution in [0.1, 0.15) is 40.5 Å². The molecule has 0 radical (unpaired) electrons. The van der Waals surface area contributed by atoms with Gasteiger partial charge in [-0.3, -0.25) is 4.79 Å². The fraction of sp³-hybridized carbons (Fsp3) is 0.818. The Morgan fingerprint density at radius 3 is 2.21 bits per heavy atom. The molecule has 14 heavy (non-hydrogen) atoms. The van der Waals surface area contributed by atoms with E-state index in [1.165, 1.54) is 0 Å². The number of rotatable bonds is 5. The summed E-state index contributed by atoms with van der Waals surface area (Å²) in [6.07, 6.45) is 1.15. The zero-order valence-corrected chi connectivity index (χ0v) is 9.55. The van der Waals surface area contributed by atoms with Gasteiger partial charge < -0.3 is 5.32 Å². The number of amides is 1. The van der Waals surface area contributed by atoms with Gasteiger partial charge >= 0.3 is 0 Å².